The molecule has 86 valence electrons. The van der Waals surface area contributed by atoms with Gasteiger partial charge in [0, 0.05) is 11.9 Å². The number of carbonyl (C=O) groups is 2. The summed E-state index contributed by atoms with van der Waals surface area (Å²) in [5.41, 5.74) is 1.22. The minimum absolute atomic E-state index is 0.387. The summed E-state index contributed by atoms with van der Waals surface area (Å²) in [6.45, 7) is 3.01. The number of rotatable bonds is 3. The number of methoxy groups -OCH3 is 1. The molecule has 0 heterocycles. The second-order valence-corrected chi connectivity index (χ2v) is 3.72. The Kier molecular flexibility index (Phi) is 3.90. The quantitative estimate of drug-likeness (QED) is 0.826. The summed E-state index contributed by atoms with van der Waals surface area (Å²) in [6, 6.07) is 3.24. The summed E-state index contributed by atoms with van der Waals surface area (Å²) in [5.74, 6) is -0.798. The molecular weight excluding hydrogens is 230 g/mol. The van der Waals surface area contributed by atoms with E-state index in [4.69, 9.17) is 16.3 Å². The van der Waals surface area contributed by atoms with Gasteiger partial charge in [-0.3, -0.25) is 9.59 Å². The third-order valence-corrected chi connectivity index (χ3v) is 2.46. The van der Waals surface area contributed by atoms with Gasteiger partial charge in [0.2, 0.25) is 5.78 Å². The number of ketones is 1. The SMILES string of the molecule is COc1cc(C)c(Cl)cc1NC(=O)C(C)=O. The number of ether oxygens (including phenoxy) is 1. The molecule has 1 amide bonds. The van der Waals surface area contributed by atoms with Crippen molar-refractivity contribution in [3.63, 3.8) is 0 Å². The van der Waals surface area contributed by atoms with Crippen LogP contribution in [0.1, 0.15) is 12.5 Å². The highest BCUT2D eigenvalue weighted by molar-refractivity contribution is 6.40. The fourth-order valence-corrected chi connectivity index (χ4v) is 1.30. The van der Waals surface area contributed by atoms with E-state index >= 15 is 0 Å². The monoisotopic (exact) mass is 241 g/mol. The standard InChI is InChI=1S/C11H12ClNO3/c1-6-4-10(16-3)9(5-8(6)12)13-11(15)7(2)14/h4-5H,1-3H3,(H,13,15). The summed E-state index contributed by atoms with van der Waals surface area (Å²) < 4.78 is 5.08. The van der Waals surface area contributed by atoms with Crippen molar-refractivity contribution in [1.82, 2.24) is 0 Å². The van der Waals surface area contributed by atoms with E-state index in [1.165, 1.54) is 14.0 Å². The highest BCUT2D eigenvalue weighted by Crippen LogP contribution is 2.30. The van der Waals surface area contributed by atoms with Crippen molar-refractivity contribution in [3.8, 4) is 5.75 Å². The molecule has 0 radical (unpaired) electrons. The molecule has 0 spiro atoms. The Bertz CT molecular complexity index is 443. The fraction of sp³-hybridized carbons (Fsp3) is 0.273. The summed E-state index contributed by atoms with van der Waals surface area (Å²) in [7, 11) is 1.48. The molecule has 0 aliphatic carbocycles. The van der Waals surface area contributed by atoms with Crippen molar-refractivity contribution >= 4 is 29.0 Å². The van der Waals surface area contributed by atoms with Gasteiger partial charge in [-0.1, -0.05) is 11.6 Å². The second-order valence-electron chi connectivity index (χ2n) is 3.31. The van der Waals surface area contributed by atoms with Gasteiger partial charge in [-0.2, -0.15) is 0 Å². The van der Waals surface area contributed by atoms with Crippen LogP contribution in [0.15, 0.2) is 12.1 Å². The van der Waals surface area contributed by atoms with E-state index in [1.54, 1.807) is 12.1 Å². The van der Waals surface area contributed by atoms with Crippen LogP contribution in [0.2, 0.25) is 5.02 Å². The Morgan fingerprint density at radius 1 is 1.38 bits per heavy atom. The zero-order valence-corrected chi connectivity index (χ0v) is 10.0. The number of amides is 1. The molecule has 1 aromatic rings. The van der Waals surface area contributed by atoms with Gasteiger partial charge in [-0.05, 0) is 24.6 Å². The molecule has 0 unspecified atom stereocenters. The minimum atomic E-state index is -0.696. The van der Waals surface area contributed by atoms with E-state index < -0.39 is 11.7 Å². The number of halogens is 1. The molecule has 0 atom stereocenters. The second kappa shape index (κ2) is 4.99. The van der Waals surface area contributed by atoms with E-state index in [0.717, 1.165) is 5.56 Å². The molecule has 0 fully saturated rings. The van der Waals surface area contributed by atoms with Crippen LogP contribution in [0.25, 0.3) is 0 Å². The van der Waals surface area contributed by atoms with E-state index in [2.05, 4.69) is 5.32 Å². The average Bonchev–Trinajstić information content (AvgIpc) is 2.22. The molecule has 0 saturated heterocycles. The molecule has 1 aromatic carbocycles. The van der Waals surface area contributed by atoms with Crippen LogP contribution in [-0.2, 0) is 9.59 Å². The van der Waals surface area contributed by atoms with E-state index in [-0.39, 0.29) is 0 Å². The minimum Gasteiger partial charge on any atom is -0.495 e. The van der Waals surface area contributed by atoms with Gasteiger partial charge in [0.1, 0.15) is 5.75 Å². The van der Waals surface area contributed by atoms with Gasteiger partial charge in [0.05, 0.1) is 12.8 Å². The van der Waals surface area contributed by atoms with Crippen molar-refractivity contribution in [1.29, 1.82) is 0 Å². The lowest BCUT2D eigenvalue weighted by molar-refractivity contribution is -0.133. The molecule has 1 rings (SSSR count). The Morgan fingerprint density at radius 3 is 2.50 bits per heavy atom. The molecule has 16 heavy (non-hydrogen) atoms. The van der Waals surface area contributed by atoms with Crippen LogP contribution in [0, 0.1) is 6.92 Å². The molecule has 1 N–H and O–H groups in total. The highest BCUT2D eigenvalue weighted by Gasteiger charge is 2.12. The first-order valence-electron chi connectivity index (χ1n) is 4.61. The maximum atomic E-state index is 11.2. The topological polar surface area (TPSA) is 55.4 Å². The molecule has 0 aromatic heterocycles. The lowest BCUT2D eigenvalue weighted by Crippen LogP contribution is -2.20. The van der Waals surface area contributed by atoms with Gasteiger partial charge in [0.25, 0.3) is 5.91 Å². The van der Waals surface area contributed by atoms with Crippen LogP contribution in [0.4, 0.5) is 5.69 Å². The first-order valence-corrected chi connectivity index (χ1v) is 4.99. The van der Waals surface area contributed by atoms with Crippen molar-refractivity contribution < 1.29 is 14.3 Å². The average molecular weight is 242 g/mol. The van der Waals surface area contributed by atoms with Gasteiger partial charge in [-0.25, -0.2) is 0 Å². The number of carbonyl (C=O) groups excluding carboxylic acids is 2. The molecule has 4 nitrogen and oxygen atoms in total. The van der Waals surface area contributed by atoms with Crippen molar-refractivity contribution in [2.75, 3.05) is 12.4 Å². The third kappa shape index (κ3) is 2.73. The fourth-order valence-electron chi connectivity index (χ4n) is 1.13. The Hall–Kier alpha value is -1.55. The smallest absolute Gasteiger partial charge is 0.291 e. The number of hydrogen-bond acceptors (Lipinski definition) is 3. The summed E-state index contributed by atoms with van der Waals surface area (Å²) in [6.07, 6.45) is 0. The van der Waals surface area contributed by atoms with Gasteiger partial charge in [-0.15, -0.1) is 0 Å². The summed E-state index contributed by atoms with van der Waals surface area (Å²) >= 11 is 5.91. The van der Waals surface area contributed by atoms with Gasteiger partial charge < -0.3 is 10.1 Å². The summed E-state index contributed by atoms with van der Waals surface area (Å²) in [5, 5.41) is 2.93. The molecule has 5 heteroatoms. The van der Waals surface area contributed by atoms with E-state index in [0.29, 0.717) is 16.5 Å². The number of anilines is 1. The van der Waals surface area contributed by atoms with Crippen LogP contribution < -0.4 is 10.1 Å². The first-order chi connectivity index (χ1) is 7.45. The van der Waals surface area contributed by atoms with Crippen LogP contribution in [-0.4, -0.2) is 18.8 Å². The molecular formula is C11H12ClNO3. The lowest BCUT2D eigenvalue weighted by atomic mass is 10.2. The molecule has 0 bridgehead atoms. The molecule has 0 aliphatic heterocycles. The number of Topliss-reactive ketones (excluding diaryl/α,β-unsaturated/α-hetero) is 1. The summed E-state index contributed by atoms with van der Waals surface area (Å²) in [4.78, 5) is 22.0. The maximum Gasteiger partial charge on any atom is 0.291 e. The van der Waals surface area contributed by atoms with Crippen LogP contribution in [0.3, 0.4) is 0 Å². The van der Waals surface area contributed by atoms with E-state index in [9.17, 15) is 9.59 Å². The Labute approximate surface area is 98.5 Å². The van der Waals surface area contributed by atoms with Crippen molar-refractivity contribution in [2.45, 2.75) is 13.8 Å². The van der Waals surface area contributed by atoms with Crippen molar-refractivity contribution in [3.05, 3.63) is 22.7 Å². The molecule has 0 saturated carbocycles. The molecule has 0 aliphatic rings. The zero-order chi connectivity index (χ0) is 12.3. The normalized spacial score (nSPS) is 9.75. The maximum absolute atomic E-state index is 11.2. The number of benzene rings is 1. The number of hydrogen-bond donors (Lipinski definition) is 1. The predicted octanol–water partition coefficient (Wildman–Crippen LogP) is 2.18. The van der Waals surface area contributed by atoms with E-state index in [1.807, 2.05) is 6.92 Å². The Balaban J connectivity index is 3.08. The zero-order valence-electron chi connectivity index (χ0n) is 9.26. The van der Waals surface area contributed by atoms with Gasteiger partial charge in [0.15, 0.2) is 0 Å². The highest BCUT2D eigenvalue weighted by atomic mass is 35.5. The van der Waals surface area contributed by atoms with Crippen LogP contribution >= 0.6 is 11.6 Å². The predicted molar refractivity (Wildman–Crippen MR) is 62.1 cm³/mol. The van der Waals surface area contributed by atoms with Gasteiger partial charge >= 0.3 is 0 Å². The number of aryl methyl sites for hydroxylation is 1. The Morgan fingerprint density at radius 2 is 2.00 bits per heavy atom. The lowest BCUT2D eigenvalue weighted by Gasteiger charge is -2.11. The van der Waals surface area contributed by atoms with Crippen LogP contribution in [0.5, 0.6) is 5.75 Å². The number of nitrogens with one attached hydrogen (secondary N) is 1. The largest absolute Gasteiger partial charge is 0.495 e. The first kappa shape index (κ1) is 12.5. The van der Waals surface area contributed by atoms with Crippen molar-refractivity contribution in [2.24, 2.45) is 0 Å². The third-order valence-electron chi connectivity index (χ3n) is 2.05.